The Labute approximate surface area is 116 Å². The van der Waals surface area contributed by atoms with E-state index in [1.54, 1.807) is 6.07 Å². The van der Waals surface area contributed by atoms with E-state index >= 15 is 0 Å². The van der Waals surface area contributed by atoms with Crippen molar-refractivity contribution in [2.75, 3.05) is 0 Å². The first-order chi connectivity index (χ1) is 8.36. The molecule has 0 saturated carbocycles. The van der Waals surface area contributed by atoms with Gasteiger partial charge in [-0.25, -0.2) is 0 Å². The molecule has 0 aliphatic heterocycles. The third-order valence-electron chi connectivity index (χ3n) is 2.39. The third kappa shape index (κ3) is 3.24. The van der Waals surface area contributed by atoms with Crippen molar-refractivity contribution in [3.63, 3.8) is 0 Å². The van der Waals surface area contributed by atoms with Gasteiger partial charge in [-0.3, -0.25) is 0 Å². The van der Waals surface area contributed by atoms with Gasteiger partial charge in [-0.1, -0.05) is 37.0 Å². The minimum atomic E-state index is -1.75. The van der Waals surface area contributed by atoms with Crippen LogP contribution in [-0.4, -0.2) is 25.4 Å². The molecule has 0 bridgehead atoms. The van der Waals surface area contributed by atoms with Crippen LogP contribution in [0.15, 0.2) is 24.3 Å². The van der Waals surface area contributed by atoms with Crippen molar-refractivity contribution < 1.29 is 14.7 Å². The minimum absolute atomic E-state index is 0.517. The normalized spacial score (nSPS) is 11.6. The van der Waals surface area contributed by atoms with Crippen LogP contribution in [0.4, 0.5) is 0 Å². The molecule has 3 nitrogen and oxygen atoms in total. The highest BCUT2D eigenvalue weighted by Crippen LogP contribution is 2.35. The van der Waals surface area contributed by atoms with Gasteiger partial charge in [0.1, 0.15) is 0 Å². The van der Waals surface area contributed by atoms with Gasteiger partial charge >= 0.3 is 7.32 Å². The maximum Gasteiger partial charge on any atom is 0.708 e. The van der Waals surface area contributed by atoms with Crippen LogP contribution in [0.1, 0.15) is 0 Å². The van der Waals surface area contributed by atoms with Crippen molar-refractivity contribution in [3.8, 4) is 14.8 Å². The lowest BCUT2D eigenvalue weighted by molar-refractivity contribution is 0.292. The molecule has 2 aromatic heterocycles. The summed E-state index contributed by atoms with van der Waals surface area (Å²) in [5.41, 5.74) is 0. The summed E-state index contributed by atoms with van der Waals surface area (Å²) in [5.74, 6) is 0. The second kappa shape index (κ2) is 5.18. The lowest BCUT2D eigenvalue weighted by Crippen LogP contribution is -2.34. The Morgan fingerprint density at radius 2 is 1.61 bits per heavy atom. The molecule has 2 heterocycles. The smallest absolute Gasteiger partial charge is 0.504 e. The van der Waals surface area contributed by atoms with E-state index in [4.69, 9.17) is 14.7 Å². The van der Waals surface area contributed by atoms with Crippen LogP contribution >= 0.6 is 22.7 Å². The SMILES string of the molecule is C[Si](C)(C)c1ccc(-c2ccc(OB(O)O)s2)s1. The molecule has 0 radical (unpaired) electrons. The van der Waals surface area contributed by atoms with Crippen molar-refractivity contribution in [2.24, 2.45) is 0 Å². The highest BCUT2D eigenvalue weighted by molar-refractivity contribution is 7.31. The van der Waals surface area contributed by atoms with Crippen LogP contribution < -0.4 is 9.15 Å². The first-order valence-corrected chi connectivity index (χ1v) is 10.7. The maximum absolute atomic E-state index is 8.74. The molecule has 0 fully saturated rings. The van der Waals surface area contributed by atoms with E-state index in [1.807, 2.05) is 17.4 Å². The monoisotopic (exact) mass is 298 g/mol. The summed E-state index contributed by atoms with van der Waals surface area (Å²) in [5, 5.41) is 18.0. The fourth-order valence-electron chi connectivity index (χ4n) is 1.49. The van der Waals surface area contributed by atoms with Gasteiger partial charge < -0.3 is 14.7 Å². The Kier molecular flexibility index (Phi) is 3.98. The Hall–Kier alpha value is -0.598. The Bertz CT molecular complexity index is 530. The summed E-state index contributed by atoms with van der Waals surface area (Å²) in [6, 6.07) is 8.03. The first-order valence-electron chi connectivity index (χ1n) is 5.59. The highest BCUT2D eigenvalue weighted by Gasteiger charge is 2.20. The molecule has 0 amide bonds. The third-order valence-corrected chi connectivity index (χ3v) is 8.25. The van der Waals surface area contributed by atoms with E-state index in [9.17, 15) is 0 Å². The zero-order valence-corrected chi connectivity index (χ0v) is 13.1. The first kappa shape index (κ1) is 13.8. The zero-order valence-electron chi connectivity index (χ0n) is 10.5. The van der Waals surface area contributed by atoms with Crippen molar-refractivity contribution >= 4 is 42.6 Å². The lowest BCUT2D eigenvalue weighted by atomic mass is 10.3. The molecule has 0 atom stereocenters. The van der Waals surface area contributed by atoms with E-state index in [0.717, 1.165) is 4.88 Å². The van der Waals surface area contributed by atoms with E-state index in [-0.39, 0.29) is 0 Å². The lowest BCUT2D eigenvalue weighted by Gasteiger charge is -2.12. The van der Waals surface area contributed by atoms with Gasteiger partial charge in [-0.05, 0) is 22.7 Å². The topological polar surface area (TPSA) is 49.7 Å². The minimum Gasteiger partial charge on any atom is -0.504 e. The largest absolute Gasteiger partial charge is 0.708 e. The van der Waals surface area contributed by atoms with Crippen LogP contribution in [0.3, 0.4) is 0 Å². The second-order valence-electron chi connectivity index (χ2n) is 4.98. The molecule has 0 unspecified atom stereocenters. The number of hydrogen-bond acceptors (Lipinski definition) is 5. The van der Waals surface area contributed by atoms with Crippen molar-refractivity contribution in [1.29, 1.82) is 0 Å². The molecule has 0 saturated heterocycles. The fourth-order valence-corrected chi connectivity index (χ4v) is 5.35. The highest BCUT2D eigenvalue weighted by atomic mass is 32.1. The number of thiophene rings is 2. The van der Waals surface area contributed by atoms with Gasteiger partial charge in [0, 0.05) is 9.75 Å². The molecule has 0 aliphatic carbocycles. The average Bonchev–Trinajstić information content (AvgIpc) is 2.81. The molecule has 0 spiro atoms. The summed E-state index contributed by atoms with van der Waals surface area (Å²) in [6.45, 7) is 6.98. The van der Waals surface area contributed by atoms with E-state index < -0.39 is 15.4 Å². The van der Waals surface area contributed by atoms with Gasteiger partial charge in [-0.15, -0.1) is 11.3 Å². The van der Waals surface area contributed by atoms with E-state index in [1.165, 1.54) is 20.7 Å². The molecular formula is C11H15BO3S2Si. The summed E-state index contributed by atoms with van der Waals surface area (Å²) in [4.78, 5) is 2.31. The van der Waals surface area contributed by atoms with Gasteiger partial charge in [-0.2, -0.15) is 0 Å². The van der Waals surface area contributed by atoms with Crippen molar-refractivity contribution in [3.05, 3.63) is 24.3 Å². The molecular weight excluding hydrogens is 283 g/mol. The molecule has 2 rings (SSSR count). The number of hydrogen-bond donors (Lipinski definition) is 2. The quantitative estimate of drug-likeness (QED) is 0.852. The molecule has 2 N–H and O–H groups in total. The van der Waals surface area contributed by atoms with Crippen molar-refractivity contribution in [2.45, 2.75) is 19.6 Å². The van der Waals surface area contributed by atoms with Crippen LogP contribution in [0, 0.1) is 0 Å². The van der Waals surface area contributed by atoms with E-state index in [2.05, 4.69) is 31.8 Å². The van der Waals surface area contributed by atoms with Crippen LogP contribution in [0.5, 0.6) is 5.06 Å². The van der Waals surface area contributed by atoms with Crippen LogP contribution in [0.2, 0.25) is 19.6 Å². The van der Waals surface area contributed by atoms with Crippen LogP contribution in [0.25, 0.3) is 9.75 Å². The molecule has 18 heavy (non-hydrogen) atoms. The summed E-state index contributed by atoms with van der Waals surface area (Å²) in [6.07, 6.45) is 0. The van der Waals surface area contributed by atoms with Crippen molar-refractivity contribution in [1.82, 2.24) is 0 Å². The molecule has 2 aromatic rings. The zero-order chi connectivity index (χ0) is 13.3. The number of rotatable bonds is 4. The fraction of sp³-hybridized carbons (Fsp3) is 0.273. The van der Waals surface area contributed by atoms with E-state index in [0.29, 0.717) is 5.06 Å². The van der Waals surface area contributed by atoms with Crippen LogP contribution in [-0.2, 0) is 0 Å². The second-order valence-corrected chi connectivity index (χ2v) is 12.5. The van der Waals surface area contributed by atoms with Gasteiger partial charge in [0.2, 0.25) is 0 Å². The Morgan fingerprint density at radius 3 is 2.17 bits per heavy atom. The Morgan fingerprint density at radius 1 is 1.00 bits per heavy atom. The summed E-state index contributed by atoms with van der Waals surface area (Å²) >= 11 is 3.24. The molecule has 7 heteroatoms. The maximum atomic E-state index is 8.74. The summed E-state index contributed by atoms with van der Waals surface area (Å²) < 4.78 is 6.30. The molecule has 96 valence electrons. The van der Waals surface area contributed by atoms with Gasteiger partial charge in [0.05, 0.1) is 8.07 Å². The molecule has 0 aromatic carbocycles. The predicted molar refractivity (Wildman–Crippen MR) is 81.4 cm³/mol. The molecule has 0 aliphatic rings. The average molecular weight is 298 g/mol. The van der Waals surface area contributed by atoms with Gasteiger partial charge in [0.15, 0.2) is 5.06 Å². The standard InChI is InChI=1S/C11H15BO3S2Si/c1-18(2,3)11-7-5-9(17-11)8-4-6-10(16-8)15-12(13)14/h4-7,13-14H,1-3H3. The summed E-state index contributed by atoms with van der Waals surface area (Å²) in [7, 11) is -3.01. The predicted octanol–water partition coefficient (Wildman–Crippen LogP) is 2.37. The Balaban J connectivity index is 2.21. The van der Waals surface area contributed by atoms with Gasteiger partial charge in [0.25, 0.3) is 0 Å².